The third-order valence-electron chi connectivity index (χ3n) is 7.19. The molecular formula is C30H36Br2N4O6S2. The Kier molecular flexibility index (Phi) is 10.9. The topological polar surface area (TPSA) is 84.0 Å². The minimum atomic E-state index is -1.55. The van der Waals surface area contributed by atoms with Crippen LogP contribution in [0.4, 0.5) is 0 Å². The molecule has 0 saturated heterocycles. The summed E-state index contributed by atoms with van der Waals surface area (Å²) in [5, 5.41) is 0. The quantitative estimate of drug-likeness (QED) is 0.218. The molecule has 2 aliphatic heterocycles. The van der Waals surface area contributed by atoms with E-state index in [-0.39, 0.29) is 25.9 Å². The fraction of sp³-hybridized carbons (Fsp3) is 0.467. The normalized spacial score (nSPS) is 21.6. The predicted octanol–water partition coefficient (Wildman–Crippen LogP) is 4.29. The van der Waals surface area contributed by atoms with E-state index in [9.17, 15) is 9.59 Å². The van der Waals surface area contributed by atoms with E-state index in [0.29, 0.717) is 45.7 Å². The van der Waals surface area contributed by atoms with Crippen LogP contribution < -0.4 is 9.47 Å². The minimum Gasteiger partial charge on any atom is -0.450 e. The van der Waals surface area contributed by atoms with Crippen molar-refractivity contribution >= 4 is 78.2 Å². The van der Waals surface area contributed by atoms with E-state index in [1.54, 1.807) is 36.0 Å². The number of thiocarbonyl (C=S) groups is 2. The lowest BCUT2D eigenvalue weighted by atomic mass is 10.1. The van der Waals surface area contributed by atoms with Crippen LogP contribution in [0.5, 0.6) is 11.5 Å². The van der Waals surface area contributed by atoms with Gasteiger partial charge in [-0.1, -0.05) is 56.3 Å². The van der Waals surface area contributed by atoms with Crippen LogP contribution in [-0.2, 0) is 19.1 Å². The second-order valence-corrected chi connectivity index (χ2v) is 14.1. The fourth-order valence-electron chi connectivity index (χ4n) is 4.94. The van der Waals surface area contributed by atoms with E-state index >= 15 is 0 Å². The maximum Gasteiger partial charge on any atom is 0.420 e. The molecule has 0 radical (unpaired) electrons. The van der Waals surface area contributed by atoms with Crippen LogP contribution in [0.3, 0.4) is 0 Å². The zero-order valence-electron chi connectivity index (χ0n) is 25.5. The van der Waals surface area contributed by atoms with E-state index in [4.69, 9.17) is 43.4 Å². The van der Waals surface area contributed by atoms with Gasteiger partial charge in [0.05, 0.1) is 24.2 Å². The lowest BCUT2D eigenvalue weighted by Crippen LogP contribution is -2.54. The molecule has 0 bridgehead atoms. The summed E-state index contributed by atoms with van der Waals surface area (Å²) in [7, 11) is 11.2. The standard InChI is InChI=1S/C30H36Br2N4O6S2/c1-33(2)13-11-29(17-35(5)25(43)21-15-19(31)7-9-23(21)39-29)41-27(37)28(38)42-30(12-14-34(3)4)18-36(6)26(44)22-16-20(32)8-10-24(22)40-30/h7-10,15-16H,11-14,17-18H2,1-6H3. The van der Waals surface area contributed by atoms with Crippen LogP contribution in [-0.4, -0.2) is 122 Å². The van der Waals surface area contributed by atoms with Crippen molar-refractivity contribution in [2.75, 3.05) is 68.5 Å². The van der Waals surface area contributed by atoms with Gasteiger partial charge in [0, 0.05) is 49.0 Å². The smallest absolute Gasteiger partial charge is 0.420 e. The van der Waals surface area contributed by atoms with E-state index in [2.05, 4.69) is 31.9 Å². The van der Waals surface area contributed by atoms with Crippen LogP contribution in [0.1, 0.15) is 24.0 Å². The first kappa shape index (κ1) is 34.5. The SMILES string of the molecule is CN(C)CCC1(OC(=O)C(=O)OC2(CCN(C)C)CN(C)C(=S)c3cc(Br)ccc3O2)CN(C)C(=S)c2cc(Br)ccc2O1. The van der Waals surface area contributed by atoms with Crippen LogP contribution in [0, 0.1) is 0 Å². The Balaban J connectivity index is 1.66. The second kappa shape index (κ2) is 14.0. The number of hydrogen-bond acceptors (Lipinski definition) is 10. The van der Waals surface area contributed by atoms with Crippen molar-refractivity contribution in [3.05, 3.63) is 56.5 Å². The minimum absolute atomic E-state index is 0.0898. The maximum absolute atomic E-state index is 13.6. The average molecular weight is 773 g/mol. The molecule has 0 saturated carbocycles. The molecule has 0 fully saturated rings. The van der Waals surface area contributed by atoms with Crippen molar-refractivity contribution < 1.29 is 28.5 Å². The fourth-order valence-corrected chi connectivity index (χ4v) is 6.11. The molecule has 4 rings (SSSR count). The molecule has 2 aromatic rings. The third kappa shape index (κ3) is 8.07. The van der Waals surface area contributed by atoms with Crippen LogP contribution in [0.25, 0.3) is 0 Å². The van der Waals surface area contributed by atoms with E-state index in [1.165, 1.54) is 0 Å². The number of carbonyl (C=O) groups excluding carboxylic acids is 2. The molecule has 2 unspecified atom stereocenters. The van der Waals surface area contributed by atoms with E-state index in [1.807, 2.05) is 62.3 Å². The van der Waals surface area contributed by atoms with Crippen molar-refractivity contribution in [2.45, 2.75) is 24.4 Å². The van der Waals surface area contributed by atoms with Gasteiger partial charge in [0.15, 0.2) is 0 Å². The molecule has 0 aliphatic carbocycles. The molecule has 2 atom stereocenters. The lowest BCUT2D eigenvalue weighted by Gasteiger charge is -2.37. The highest BCUT2D eigenvalue weighted by Crippen LogP contribution is 2.36. The van der Waals surface area contributed by atoms with Gasteiger partial charge in [-0.2, -0.15) is 0 Å². The van der Waals surface area contributed by atoms with Gasteiger partial charge in [0.1, 0.15) is 21.5 Å². The molecule has 2 heterocycles. The molecule has 0 N–H and O–H groups in total. The summed E-state index contributed by atoms with van der Waals surface area (Å²) in [6.45, 7) is 1.18. The predicted molar refractivity (Wildman–Crippen MR) is 182 cm³/mol. The first-order valence-corrected chi connectivity index (χ1v) is 16.3. The maximum atomic E-state index is 13.6. The van der Waals surface area contributed by atoms with Gasteiger partial charge in [0.25, 0.3) is 11.6 Å². The highest BCUT2D eigenvalue weighted by Gasteiger charge is 2.47. The van der Waals surface area contributed by atoms with Crippen molar-refractivity contribution in [3.8, 4) is 11.5 Å². The van der Waals surface area contributed by atoms with Crippen LogP contribution in [0.15, 0.2) is 45.3 Å². The molecule has 10 nitrogen and oxygen atoms in total. The number of carbonyl (C=O) groups is 2. The Hall–Kier alpha value is -2.36. The monoisotopic (exact) mass is 770 g/mol. The Morgan fingerprint density at radius 1 is 0.773 bits per heavy atom. The van der Waals surface area contributed by atoms with Gasteiger partial charge in [-0.05, 0) is 64.6 Å². The highest BCUT2D eigenvalue weighted by molar-refractivity contribution is 9.10. The second-order valence-electron chi connectivity index (χ2n) is 11.5. The van der Waals surface area contributed by atoms with Gasteiger partial charge < -0.3 is 38.5 Å². The molecule has 0 aromatic heterocycles. The molecular weight excluding hydrogens is 736 g/mol. The number of rotatable bonds is 8. The molecule has 2 aliphatic rings. The highest BCUT2D eigenvalue weighted by atomic mass is 79.9. The number of esters is 2. The van der Waals surface area contributed by atoms with E-state index in [0.717, 1.165) is 8.95 Å². The van der Waals surface area contributed by atoms with Crippen LogP contribution in [0.2, 0.25) is 0 Å². The molecule has 44 heavy (non-hydrogen) atoms. The van der Waals surface area contributed by atoms with Crippen molar-refractivity contribution in [2.24, 2.45) is 0 Å². The van der Waals surface area contributed by atoms with Crippen molar-refractivity contribution in [1.82, 2.24) is 19.6 Å². The van der Waals surface area contributed by atoms with Gasteiger partial charge in [0.2, 0.25) is 0 Å². The van der Waals surface area contributed by atoms with Crippen LogP contribution >= 0.6 is 56.3 Å². The number of ether oxygens (including phenoxy) is 4. The summed E-state index contributed by atoms with van der Waals surface area (Å²) in [6, 6.07) is 10.8. The number of fused-ring (bicyclic) bond motifs is 2. The summed E-state index contributed by atoms with van der Waals surface area (Å²) in [6.07, 6.45) is 0.506. The summed E-state index contributed by atoms with van der Waals surface area (Å²) >= 11 is 18.4. The zero-order chi connectivity index (χ0) is 32.4. The Morgan fingerprint density at radius 3 is 1.48 bits per heavy atom. The Bertz CT molecular complexity index is 1350. The summed E-state index contributed by atoms with van der Waals surface area (Å²) < 4.78 is 26.4. The van der Waals surface area contributed by atoms with Gasteiger partial charge in [-0.25, -0.2) is 9.59 Å². The number of hydrogen-bond donors (Lipinski definition) is 0. The number of halogens is 2. The zero-order valence-corrected chi connectivity index (χ0v) is 30.3. The first-order valence-electron chi connectivity index (χ1n) is 13.9. The number of likely N-dealkylation sites (N-methyl/N-ethyl adjacent to an activating group) is 2. The molecule has 0 spiro atoms. The Morgan fingerprint density at radius 2 is 1.14 bits per heavy atom. The lowest BCUT2D eigenvalue weighted by molar-refractivity contribution is -0.227. The third-order valence-corrected chi connectivity index (χ3v) is 9.24. The summed E-state index contributed by atoms with van der Waals surface area (Å²) in [4.78, 5) is 35.8. The molecule has 14 heteroatoms. The average Bonchev–Trinajstić information content (AvgIpc) is 3.11. The molecule has 238 valence electrons. The van der Waals surface area contributed by atoms with Crippen molar-refractivity contribution in [3.63, 3.8) is 0 Å². The molecule has 0 amide bonds. The summed E-state index contributed by atoms with van der Waals surface area (Å²) in [5.74, 6) is -4.62. The molecule has 2 aromatic carbocycles. The van der Waals surface area contributed by atoms with Gasteiger partial charge in [-0.3, -0.25) is 0 Å². The largest absolute Gasteiger partial charge is 0.450 e. The summed E-state index contributed by atoms with van der Waals surface area (Å²) in [5.41, 5.74) is 1.34. The van der Waals surface area contributed by atoms with E-state index < -0.39 is 23.5 Å². The Labute approximate surface area is 285 Å². The number of benzene rings is 2. The number of nitrogens with zero attached hydrogens (tertiary/aromatic N) is 4. The van der Waals surface area contributed by atoms with Gasteiger partial charge in [-0.15, -0.1) is 0 Å². The first-order chi connectivity index (χ1) is 20.6. The van der Waals surface area contributed by atoms with Gasteiger partial charge >= 0.3 is 11.9 Å². The van der Waals surface area contributed by atoms with Crippen molar-refractivity contribution in [1.29, 1.82) is 0 Å².